The first-order chi connectivity index (χ1) is 27.8. The van der Waals surface area contributed by atoms with E-state index in [2.05, 4.69) is 16.0 Å². The lowest BCUT2D eigenvalue weighted by Gasteiger charge is -2.11. The Balaban J connectivity index is 1.04. The minimum absolute atomic E-state index is 0.0230. The maximum absolute atomic E-state index is 13.5. The van der Waals surface area contributed by atoms with Gasteiger partial charge in [0, 0.05) is 59.1 Å². The Kier molecular flexibility index (Phi) is 15.0. The summed E-state index contributed by atoms with van der Waals surface area (Å²) in [6.07, 6.45) is 1.66. The minimum Gasteiger partial charge on any atom is -0.497 e. The molecule has 306 valence electrons. The van der Waals surface area contributed by atoms with Crippen LogP contribution in [-0.4, -0.2) is 93.8 Å². The summed E-state index contributed by atoms with van der Waals surface area (Å²) in [4.78, 5) is 64.0. The topological polar surface area (TPSA) is 193 Å². The zero-order valence-corrected chi connectivity index (χ0v) is 33.8. The number of benzene rings is 3. The SMILES string of the molecule is CCCNC(=O)c1cccc(S(=O)(=O)n2cc(C(=O)NCCOCCOCCNC(=O)Cc3c(C)n(C(=O)c4ccc(Cl)cc4)c4ccc(OC)cc34)ccc2=O)c1. The van der Waals surface area contributed by atoms with E-state index in [9.17, 15) is 32.4 Å². The molecule has 0 atom stereocenters. The highest BCUT2D eigenvalue weighted by atomic mass is 35.5. The van der Waals surface area contributed by atoms with Crippen molar-refractivity contribution < 1.29 is 41.8 Å². The molecule has 58 heavy (non-hydrogen) atoms. The predicted molar refractivity (Wildman–Crippen MR) is 217 cm³/mol. The Morgan fingerprint density at radius 3 is 2.10 bits per heavy atom. The molecule has 15 nitrogen and oxygen atoms in total. The summed E-state index contributed by atoms with van der Waals surface area (Å²) in [7, 11) is -2.88. The van der Waals surface area contributed by atoms with Crippen LogP contribution in [0.5, 0.6) is 5.75 Å². The quantitative estimate of drug-likeness (QED) is 0.103. The van der Waals surface area contributed by atoms with E-state index in [1.54, 1.807) is 61.1 Å². The molecule has 0 fully saturated rings. The molecule has 0 aliphatic carbocycles. The molecular weight excluding hydrogens is 790 g/mol. The van der Waals surface area contributed by atoms with Gasteiger partial charge in [-0.3, -0.25) is 28.5 Å². The molecule has 3 amide bonds. The molecule has 0 saturated heterocycles. The monoisotopic (exact) mass is 833 g/mol. The third kappa shape index (κ3) is 10.6. The van der Waals surface area contributed by atoms with Gasteiger partial charge in [-0.05, 0) is 85.6 Å². The average molecular weight is 834 g/mol. The van der Waals surface area contributed by atoms with Crippen LogP contribution in [0, 0.1) is 6.92 Å². The lowest BCUT2D eigenvalue weighted by Crippen LogP contribution is -2.32. The van der Waals surface area contributed by atoms with Crippen molar-refractivity contribution in [3.05, 3.63) is 128 Å². The number of fused-ring (bicyclic) bond motifs is 1. The van der Waals surface area contributed by atoms with E-state index in [0.29, 0.717) is 50.0 Å². The van der Waals surface area contributed by atoms with Crippen molar-refractivity contribution in [2.24, 2.45) is 0 Å². The van der Waals surface area contributed by atoms with Crippen LogP contribution in [0.2, 0.25) is 5.02 Å². The summed E-state index contributed by atoms with van der Waals surface area (Å²) < 4.78 is 45.2. The van der Waals surface area contributed by atoms with Crippen molar-refractivity contribution in [3.8, 4) is 5.75 Å². The smallest absolute Gasteiger partial charge is 0.270 e. The number of carbonyl (C=O) groups excluding carboxylic acids is 4. The van der Waals surface area contributed by atoms with Gasteiger partial charge in [0.05, 0.1) is 55.9 Å². The van der Waals surface area contributed by atoms with Gasteiger partial charge in [0.25, 0.3) is 33.3 Å². The molecule has 0 radical (unpaired) electrons. The van der Waals surface area contributed by atoms with E-state index in [-0.39, 0.29) is 73.8 Å². The van der Waals surface area contributed by atoms with Gasteiger partial charge in [-0.2, -0.15) is 0 Å². The first-order valence-corrected chi connectivity index (χ1v) is 20.2. The summed E-state index contributed by atoms with van der Waals surface area (Å²) in [5.74, 6) is -0.990. The van der Waals surface area contributed by atoms with Gasteiger partial charge in [0.1, 0.15) is 5.75 Å². The van der Waals surface area contributed by atoms with Crippen LogP contribution in [0.25, 0.3) is 10.9 Å². The largest absolute Gasteiger partial charge is 0.497 e. The van der Waals surface area contributed by atoms with Gasteiger partial charge in [-0.1, -0.05) is 24.6 Å². The second kappa shape index (κ2) is 20.1. The summed E-state index contributed by atoms with van der Waals surface area (Å²) in [6, 6.07) is 19.4. The number of nitrogens with one attached hydrogen (secondary N) is 3. The molecule has 0 spiro atoms. The van der Waals surface area contributed by atoms with Crippen LogP contribution in [-0.2, 0) is 30.7 Å². The maximum atomic E-state index is 13.5. The van der Waals surface area contributed by atoms with Crippen LogP contribution in [0.1, 0.15) is 55.7 Å². The van der Waals surface area contributed by atoms with Crippen molar-refractivity contribution in [2.75, 3.05) is 53.2 Å². The Morgan fingerprint density at radius 1 is 0.759 bits per heavy atom. The number of hydrogen-bond acceptors (Lipinski definition) is 10. The second-order valence-corrected chi connectivity index (χ2v) is 15.2. The number of pyridine rings is 1. The second-order valence-electron chi connectivity index (χ2n) is 12.9. The van der Waals surface area contributed by atoms with Crippen LogP contribution in [0.3, 0.4) is 0 Å². The van der Waals surface area contributed by atoms with E-state index < -0.39 is 27.4 Å². The number of methoxy groups -OCH3 is 1. The lowest BCUT2D eigenvalue weighted by atomic mass is 10.1. The Hall–Kier alpha value is -5.81. The van der Waals surface area contributed by atoms with Gasteiger partial charge in [-0.25, -0.2) is 12.4 Å². The van der Waals surface area contributed by atoms with Crippen molar-refractivity contribution in [1.29, 1.82) is 0 Å². The fourth-order valence-electron chi connectivity index (χ4n) is 5.98. The third-order valence-corrected chi connectivity index (χ3v) is 10.9. The number of amides is 3. The minimum atomic E-state index is -4.42. The molecule has 0 aliphatic rings. The molecule has 0 unspecified atom stereocenters. The number of rotatable bonds is 19. The maximum Gasteiger partial charge on any atom is 0.270 e. The summed E-state index contributed by atoms with van der Waals surface area (Å²) >= 11 is 6.02. The lowest BCUT2D eigenvalue weighted by molar-refractivity contribution is -0.120. The highest BCUT2D eigenvalue weighted by Crippen LogP contribution is 2.31. The molecule has 5 rings (SSSR count). The van der Waals surface area contributed by atoms with Gasteiger partial charge in [0.15, 0.2) is 0 Å². The number of aromatic nitrogens is 2. The number of nitrogens with zero attached hydrogens (tertiary/aromatic N) is 2. The first kappa shape index (κ1) is 43.3. The third-order valence-electron chi connectivity index (χ3n) is 8.98. The fraction of sp³-hybridized carbons (Fsp3) is 0.293. The van der Waals surface area contributed by atoms with Crippen LogP contribution < -0.4 is 26.2 Å². The van der Waals surface area contributed by atoms with Gasteiger partial charge < -0.3 is 30.2 Å². The highest BCUT2D eigenvalue weighted by Gasteiger charge is 2.23. The predicted octanol–water partition coefficient (Wildman–Crippen LogP) is 3.96. The first-order valence-electron chi connectivity index (χ1n) is 18.4. The molecule has 17 heteroatoms. The van der Waals surface area contributed by atoms with Gasteiger partial charge in [0.2, 0.25) is 5.91 Å². The highest BCUT2D eigenvalue weighted by molar-refractivity contribution is 7.90. The van der Waals surface area contributed by atoms with Crippen LogP contribution in [0.4, 0.5) is 0 Å². The molecule has 0 saturated carbocycles. The van der Waals surface area contributed by atoms with Gasteiger partial charge >= 0.3 is 0 Å². The van der Waals surface area contributed by atoms with E-state index >= 15 is 0 Å². The Morgan fingerprint density at radius 2 is 1.41 bits per heavy atom. The summed E-state index contributed by atoms with van der Waals surface area (Å²) in [5, 5.41) is 9.37. The summed E-state index contributed by atoms with van der Waals surface area (Å²) in [6.45, 7) is 5.16. The van der Waals surface area contributed by atoms with E-state index in [0.717, 1.165) is 17.6 Å². The molecule has 3 N–H and O–H groups in total. The van der Waals surface area contributed by atoms with Crippen molar-refractivity contribution in [1.82, 2.24) is 24.5 Å². The van der Waals surface area contributed by atoms with Crippen molar-refractivity contribution in [2.45, 2.75) is 31.6 Å². The van der Waals surface area contributed by atoms with Gasteiger partial charge in [-0.15, -0.1) is 0 Å². The Bertz CT molecular complexity index is 2460. The van der Waals surface area contributed by atoms with Crippen molar-refractivity contribution in [3.63, 3.8) is 0 Å². The van der Waals surface area contributed by atoms with Crippen LogP contribution >= 0.6 is 11.6 Å². The number of halogens is 1. The molecule has 2 aromatic heterocycles. The number of hydrogen-bond donors (Lipinski definition) is 3. The molecule has 2 heterocycles. The van der Waals surface area contributed by atoms with E-state index in [1.165, 1.54) is 30.3 Å². The number of ether oxygens (including phenoxy) is 3. The standard InChI is InChI=1S/C41H44ClN5O10S/c1-4-16-44-39(50)29-6-5-7-33(23-29)58(53,54)46-26-30(10-15-38(46)49)40(51)45-18-20-57-22-21-56-19-17-43-37(48)25-34-27(2)47(36-14-13-32(55-3)24-35(34)36)41(52)28-8-11-31(42)12-9-28/h5-15,23-24,26H,4,16-22,25H2,1-3H3,(H,43,48)(H,44,50)(H,45,51). The van der Waals surface area contributed by atoms with Crippen LogP contribution in [0.15, 0.2) is 94.7 Å². The molecule has 0 bridgehead atoms. The molecular formula is C41H44ClN5O10S. The van der Waals surface area contributed by atoms with E-state index in [4.69, 9.17) is 25.8 Å². The molecule has 0 aliphatic heterocycles. The number of carbonyl (C=O) groups is 4. The zero-order chi connectivity index (χ0) is 41.8. The summed E-state index contributed by atoms with van der Waals surface area (Å²) in [5.41, 5.74) is 1.59. The Labute approximate surface area is 340 Å². The normalized spacial score (nSPS) is 11.3. The van der Waals surface area contributed by atoms with E-state index in [1.807, 2.05) is 6.92 Å². The molecule has 3 aromatic carbocycles. The average Bonchev–Trinajstić information content (AvgIpc) is 3.49. The molecule has 5 aromatic rings. The van der Waals surface area contributed by atoms with Crippen molar-refractivity contribution >= 4 is 56.2 Å². The zero-order valence-electron chi connectivity index (χ0n) is 32.2. The fourth-order valence-corrected chi connectivity index (χ4v) is 7.41.